The Bertz CT molecular complexity index is 1010. The molecule has 0 aliphatic carbocycles. The van der Waals surface area contributed by atoms with E-state index in [-0.39, 0.29) is 12.1 Å². The number of unbranched alkanes of at least 4 members (excludes halogenated alkanes) is 6. The van der Waals surface area contributed by atoms with Gasteiger partial charge >= 0.3 is 17.0 Å². The van der Waals surface area contributed by atoms with Gasteiger partial charge < -0.3 is 8.86 Å². The second-order valence-electron chi connectivity index (χ2n) is 7.87. The number of halogens is 6. The maximum atomic E-state index is 11.5. The van der Waals surface area contributed by atoms with Crippen molar-refractivity contribution in [2.75, 3.05) is 0 Å². The number of carbonyl (C=O) groups excluding carboxylic acids is 1. The second-order valence-corrected chi connectivity index (χ2v) is 11.3. The highest BCUT2D eigenvalue weighted by molar-refractivity contribution is 8.13. The number of aromatic nitrogens is 2. The summed E-state index contributed by atoms with van der Waals surface area (Å²) in [7, 11) is -11.5. The van der Waals surface area contributed by atoms with E-state index in [1.807, 2.05) is 30.3 Å². The van der Waals surface area contributed by atoms with Gasteiger partial charge in [-0.15, -0.1) is 0 Å². The van der Waals surface area contributed by atoms with Gasteiger partial charge in [0.05, 0.1) is 7.05 Å². The van der Waals surface area contributed by atoms with Gasteiger partial charge in [-0.05, 0) is 12.8 Å². The molecule has 1 unspecified atom stereocenters. The van der Waals surface area contributed by atoms with Crippen LogP contribution < -0.4 is 4.57 Å². The van der Waals surface area contributed by atoms with Crippen molar-refractivity contribution in [3.8, 4) is 0 Å². The Morgan fingerprint density at radius 2 is 1.49 bits per heavy atom. The smallest absolute Gasteiger partial charge is 0.455 e. The fourth-order valence-corrected chi connectivity index (χ4v) is 4.50. The lowest BCUT2D eigenvalue weighted by atomic mass is 10.1. The van der Waals surface area contributed by atoms with Gasteiger partial charge in [0, 0.05) is 6.08 Å². The van der Waals surface area contributed by atoms with Crippen LogP contribution in [-0.2, 0) is 43.2 Å². The highest BCUT2D eigenvalue weighted by Crippen LogP contribution is 2.36. The maximum absolute atomic E-state index is 11.5. The summed E-state index contributed by atoms with van der Waals surface area (Å²) in [6, 6.07) is 0. The minimum absolute atomic E-state index is 0.0754. The van der Waals surface area contributed by atoms with E-state index in [2.05, 4.69) is 18.1 Å². The Balaban J connectivity index is 0.000000757. The molecule has 0 saturated carbocycles. The number of sulfonamides is 2. The molecule has 0 aliphatic rings. The van der Waals surface area contributed by atoms with E-state index in [0.29, 0.717) is 6.54 Å². The number of alkyl halides is 6. The van der Waals surface area contributed by atoms with Crippen LogP contribution in [0.3, 0.4) is 0 Å². The van der Waals surface area contributed by atoms with E-state index in [1.165, 1.54) is 44.6 Å². The van der Waals surface area contributed by atoms with Crippen molar-refractivity contribution in [2.24, 2.45) is 7.05 Å². The zero-order valence-electron chi connectivity index (χ0n) is 20.3. The monoisotopic (exact) mass is 587 g/mol. The maximum Gasteiger partial charge on any atom is 0.480 e. The molecule has 1 rings (SSSR count). The zero-order chi connectivity index (χ0) is 28.9. The van der Waals surface area contributed by atoms with Crippen molar-refractivity contribution >= 4 is 26.0 Å². The van der Waals surface area contributed by atoms with Crippen molar-refractivity contribution in [1.29, 1.82) is 0 Å². The number of aryl methyl sites for hydroxylation is 1. The summed E-state index contributed by atoms with van der Waals surface area (Å²) >= 11 is 0. The first kappa shape index (κ1) is 34.9. The predicted octanol–water partition coefficient (Wildman–Crippen LogP) is 4.61. The van der Waals surface area contributed by atoms with Crippen LogP contribution in [0, 0.1) is 0 Å². The summed E-state index contributed by atoms with van der Waals surface area (Å²) in [5, 5.41) is 0. The van der Waals surface area contributed by atoms with Crippen LogP contribution >= 0.6 is 0 Å². The third-order valence-electron chi connectivity index (χ3n) is 4.60. The largest absolute Gasteiger partial charge is 0.480 e. The van der Waals surface area contributed by atoms with Gasteiger partial charge in [-0.1, -0.05) is 52.0 Å². The van der Waals surface area contributed by atoms with Gasteiger partial charge in [0.1, 0.15) is 25.0 Å². The van der Waals surface area contributed by atoms with Crippen molar-refractivity contribution in [3.63, 3.8) is 0 Å². The molecule has 0 aromatic carbocycles. The Hall–Kier alpha value is -2.14. The normalized spacial score (nSPS) is 13.4. The molecule has 0 saturated heterocycles. The van der Waals surface area contributed by atoms with E-state index < -0.39 is 31.1 Å². The summed E-state index contributed by atoms with van der Waals surface area (Å²) in [6.07, 6.45) is 16.9. The number of imidazole rings is 1. The minimum Gasteiger partial charge on any atom is -0.455 e. The van der Waals surface area contributed by atoms with Crippen molar-refractivity contribution in [1.82, 2.24) is 4.57 Å². The van der Waals surface area contributed by atoms with Gasteiger partial charge in [-0.3, -0.25) is 0 Å². The summed E-state index contributed by atoms with van der Waals surface area (Å²) in [6.45, 7) is 6.42. The topological polar surface area (TPSA) is 117 Å². The lowest BCUT2D eigenvalue weighted by Crippen LogP contribution is -2.30. The molecular weight excluding hydrogens is 556 g/mol. The average Bonchev–Trinajstić information content (AvgIpc) is 3.15. The fraction of sp³-hybridized carbons (Fsp3) is 0.700. The lowest BCUT2D eigenvalue weighted by Gasteiger charge is -2.22. The Kier molecular flexibility index (Phi) is 14.4. The third kappa shape index (κ3) is 13.8. The fourth-order valence-electron chi connectivity index (χ4n) is 2.79. The molecule has 216 valence electrons. The van der Waals surface area contributed by atoms with Crippen LogP contribution in [0.2, 0.25) is 0 Å². The number of carbonyl (C=O) groups is 1. The molecule has 1 aromatic heterocycles. The first-order chi connectivity index (χ1) is 16.9. The molecule has 37 heavy (non-hydrogen) atoms. The van der Waals surface area contributed by atoms with Gasteiger partial charge in [-0.2, -0.15) is 26.3 Å². The molecule has 9 nitrogen and oxygen atoms in total. The van der Waals surface area contributed by atoms with Crippen molar-refractivity contribution < 1.29 is 57.3 Å². The standard InChI is InChI=1S/C18H31N2O2.C2F6NO4S2/c1-4-6-7-8-9-10-11-12-17(22-18(21)5-2)15-20-14-13-19(3)16-20;3-1(4,5)14(10,11)9-15(12,13)2(6,7)8/h5,13-14,16-17H,2,4,6-12,15H2,1,3H3;/q+1;-1. The highest BCUT2D eigenvalue weighted by atomic mass is 32.3. The average molecular weight is 588 g/mol. The van der Waals surface area contributed by atoms with Crippen molar-refractivity contribution in [2.45, 2.75) is 82.0 Å². The Labute approximate surface area is 212 Å². The van der Waals surface area contributed by atoms with E-state index >= 15 is 0 Å². The molecule has 0 N–H and O–H groups in total. The lowest BCUT2D eigenvalue weighted by molar-refractivity contribution is -0.671. The number of rotatable bonds is 14. The SMILES string of the molecule is C=CC(=O)OC(CCCCCCCCC)Cn1cc[n+](C)c1.O=S(=O)([N-]S(=O)(=O)C(F)(F)F)C(F)(F)F. The molecule has 0 radical (unpaired) electrons. The Morgan fingerprint density at radius 3 is 1.89 bits per heavy atom. The molecule has 0 spiro atoms. The number of nitrogens with zero attached hydrogens (tertiary/aromatic N) is 3. The van der Waals surface area contributed by atoms with Crippen LogP contribution in [0.5, 0.6) is 0 Å². The predicted molar refractivity (Wildman–Crippen MR) is 122 cm³/mol. The summed E-state index contributed by atoms with van der Waals surface area (Å²) in [5.41, 5.74) is -12.4. The highest BCUT2D eigenvalue weighted by Gasteiger charge is 2.46. The van der Waals surface area contributed by atoms with Gasteiger partial charge in [0.2, 0.25) is 6.33 Å². The summed E-state index contributed by atoms with van der Waals surface area (Å²) < 4.78 is 119. The summed E-state index contributed by atoms with van der Waals surface area (Å²) in [5.74, 6) is -0.329. The van der Waals surface area contributed by atoms with E-state index in [4.69, 9.17) is 4.74 Å². The quantitative estimate of drug-likeness (QED) is 0.103. The molecule has 0 aliphatic heterocycles. The van der Waals surface area contributed by atoms with Crippen LogP contribution in [0.1, 0.15) is 58.3 Å². The molecule has 1 atom stereocenters. The molecule has 1 heterocycles. The van der Waals surface area contributed by atoms with Crippen LogP contribution in [0.25, 0.3) is 4.13 Å². The number of esters is 1. The van der Waals surface area contributed by atoms with Crippen LogP contribution in [0.15, 0.2) is 31.4 Å². The van der Waals surface area contributed by atoms with E-state index in [1.54, 1.807) is 0 Å². The number of hydrogen-bond donors (Lipinski definition) is 0. The van der Waals surface area contributed by atoms with Gasteiger partial charge in [0.15, 0.2) is 20.0 Å². The van der Waals surface area contributed by atoms with E-state index in [9.17, 15) is 48.0 Å². The van der Waals surface area contributed by atoms with Crippen LogP contribution in [-0.4, -0.2) is 44.5 Å². The molecule has 17 heteroatoms. The molecule has 0 bridgehead atoms. The number of hydrogen-bond acceptors (Lipinski definition) is 6. The first-order valence-electron chi connectivity index (χ1n) is 11.1. The molecule has 0 fully saturated rings. The number of ether oxygens (including phenoxy) is 1. The van der Waals surface area contributed by atoms with Crippen LogP contribution in [0.4, 0.5) is 26.3 Å². The first-order valence-corrected chi connectivity index (χ1v) is 13.9. The van der Waals surface area contributed by atoms with Gasteiger partial charge in [-0.25, -0.2) is 30.8 Å². The molecular formula is C20H31F6N3O6S2. The third-order valence-corrected chi connectivity index (χ3v) is 7.34. The van der Waals surface area contributed by atoms with Crippen molar-refractivity contribution in [3.05, 3.63) is 35.5 Å². The van der Waals surface area contributed by atoms with Gasteiger partial charge in [0.25, 0.3) is 0 Å². The summed E-state index contributed by atoms with van der Waals surface area (Å²) in [4.78, 5) is 11.5. The second kappa shape index (κ2) is 15.3. The zero-order valence-corrected chi connectivity index (χ0v) is 22.0. The molecule has 1 aromatic rings. The Morgan fingerprint density at radius 1 is 1.00 bits per heavy atom. The van der Waals surface area contributed by atoms with E-state index in [0.717, 1.165) is 17.0 Å². The minimum atomic E-state index is -6.72. The molecule has 0 amide bonds.